The molecule has 1 aliphatic heterocycles. The number of piperazine rings is 1. The van der Waals surface area contributed by atoms with Gasteiger partial charge in [0.05, 0.1) is 5.92 Å². The van der Waals surface area contributed by atoms with Crippen molar-refractivity contribution in [2.75, 3.05) is 37.6 Å². The van der Waals surface area contributed by atoms with E-state index in [9.17, 15) is 4.79 Å². The van der Waals surface area contributed by atoms with Crippen LogP contribution in [0.15, 0.2) is 30.6 Å². The van der Waals surface area contributed by atoms with Gasteiger partial charge in [-0.3, -0.25) is 4.79 Å². The fourth-order valence-electron chi connectivity index (χ4n) is 4.69. The Morgan fingerprint density at radius 1 is 1.16 bits per heavy atom. The molecule has 2 aliphatic rings. The normalized spacial score (nSPS) is 19.7. The first-order chi connectivity index (χ1) is 15.2. The van der Waals surface area contributed by atoms with Gasteiger partial charge in [0.15, 0.2) is 0 Å². The number of nitrogens with one attached hydrogen (secondary N) is 1. The van der Waals surface area contributed by atoms with E-state index in [2.05, 4.69) is 47.9 Å². The summed E-state index contributed by atoms with van der Waals surface area (Å²) in [6.45, 7) is 12.2. The molecular formula is C25H34ClN5O. The third-order valence-electron chi connectivity index (χ3n) is 6.55. The minimum absolute atomic E-state index is 0.0618. The molecular weight excluding hydrogens is 422 g/mol. The van der Waals surface area contributed by atoms with Gasteiger partial charge in [-0.15, -0.1) is 0 Å². The molecule has 2 unspecified atom stereocenters. The van der Waals surface area contributed by atoms with Gasteiger partial charge in [-0.05, 0) is 57.2 Å². The minimum Gasteiger partial charge on any atom is -0.353 e. The number of benzene rings is 1. The fraction of sp³-hybridized carbons (Fsp3) is 0.560. The fourth-order valence-corrected chi connectivity index (χ4v) is 4.81. The van der Waals surface area contributed by atoms with Crippen LogP contribution in [-0.4, -0.2) is 59.0 Å². The molecule has 1 aliphatic carbocycles. The van der Waals surface area contributed by atoms with Crippen molar-refractivity contribution in [2.45, 2.75) is 57.9 Å². The molecule has 1 aromatic heterocycles. The lowest BCUT2D eigenvalue weighted by Crippen LogP contribution is -2.52. The zero-order chi connectivity index (χ0) is 22.9. The molecule has 1 aromatic carbocycles. The lowest BCUT2D eigenvalue weighted by Gasteiger charge is -2.38. The Morgan fingerprint density at radius 3 is 2.50 bits per heavy atom. The third kappa shape index (κ3) is 5.07. The molecule has 4 rings (SSSR count). The van der Waals surface area contributed by atoms with Crippen LogP contribution in [0.25, 0.3) is 0 Å². The van der Waals surface area contributed by atoms with Gasteiger partial charge in [0.1, 0.15) is 12.1 Å². The molecule has 7 heteroatoms. The van der Waals surface area contributed by atoms with Gasteiger partial charge in [-0.25, -0.2) is 9.97 Å². The standard InChI is InChI=1S/C25H34ClN5O/c1-17-5-10-21-22(17)23(28-16-27-21)30-11-13-31(14-12-30)24(32)20(15-29-25(2,3)4)18-6-8-19(26)9-7-18/h6-9,16-17,20,29H,5,10-15H2,1-4H3. The van der Waals surface area contributed by atoms with Crippen LogP contribution in [-0.2, 0) is 11.2 Å². The average Bonchev–Trinajstić information content (AvgIpc) is 3.15. The predicted octanol–water partition coefficient (Wildman–Crippen LogP) is 4.00. The number of amides is 1. The van der Waals surface area contributed by atoms with Crippen LogP contribution in [0.3, 0.4) is 0 Å². The lowest BCUT2D eigenvalue weighted by molar-refractivity contribution is -0.133. The molecule has 172 valence electrons. The second-order valence-electron chi connectivity index (χ2n) is 10.0. The summed E-state index contributed by atoms with van der Waals surface area (Å²) in [6.07, 6.45) is 3.87. The Kier molecular flexibility index (Phi) is 6.72. The molecule has 0 spiro atoms. The van der Waals surface area contributed by atoms with Crippen LogP contribution in [0, 0.1) is 0 Å². The van der Waals surface area contributed by atoms with Crippen LogP contribution in [0.2, 0.25) is 5.02 Å². The van der Waals surface area contributed by atoms with Crippen molar-refractivity contribution in [2.24, 2.45) is 0 Å². The average molecular weight is 456 g/mol. The Morgan fingerprint density at radius 2 is 1.84 bits per heavy atom. The summed E-state index contributed by atoms with van der Waals surface area (Å²) in [6, 6.07) is 7.67. The summed E-state index contributed by atoms with van der Waals surface area (Å²) in [7, 11) is 0. The summed E-state index contributed by atoms with van der Waals surface area (Å²) in [5.41, 5.74) is 3.44. The smallest absolute Gasteiger partial charge is 0.231 e. The van der Waals surface area contributed by atoms with E-state index >= 15 is 0 Å². The molecule has 2 aromatic rings. The van der Waals surface area contributed by atoms with E-state index in [0.29, 0.717) is 30.6 Å². The van der Waals surface area contributed by atoms with Crippen molar-refractivity contribution < 1.29 is 4.79 Å². The van der Waals surface area contributed by atoms with Crippen molar-refractivity contribution in [1.82, 2.24) is 20.2 Å². The van der Waals surface area contributed by atoms with Gasteiger partial charge in [0, 0.05) is 54.5 Å². The summed E-state index contributed by atoms with van der Waals surface area (Å²) >= 11 is 6.09. The van der Waals surface area contributed by atoms with Crippen LogP contribution in [0.1, 0.15) is 62.8 Å². The highest BCUT2D eigenvalue weighted by atomic mass is 35.5. The van der Waals surface area contributed by atoms with Gasteiger partial charge in [0.25, 0.3) is 0 Å². The Balaban J connectivity index is 1.47. The highest BCUT2D eigenvalue weighted by Gasteiger charge is 2.32. The van der Waals surface area contributed by atoms with E-state index < -0.39 is 0 Å². The molecule has 0 saturated carbocycles. The SMILES string of the molecule is CC1CCc2ncnc(N3CCN(C(=O)C(CNC(C)(C)C)c4ccc(Cl)cc4)CC3)c21. The second kappa shape index (κ2) is 9.36. The van der Waals surface area contributed by atoms with E-state index in [0.717, 1.165) is 37.3 Å². The van der Waals surface area contributed by atoms with E-state index in [1.165, 1.54) is 11.3 Å². The number of aromatic nitrogens is 2. The van der Waals surface area contributed by atoms with Gasteiger partial charge >= 0.3 is 0 Å². The van der Waals surface area contributed by atoms with Crippen molar-refractivity contribution in [1.29, 1.82) is 0 Å². The Labute approximate surface area is 196 Å². The maximum atomic E-state index is 13.6. The number of hydrogen-bond donors (Lipinski definition) is 1. The number of hydrogen-bond acceptors (Lipinski definition) is 5. The van der Waals surface area contributed by atoms with Crippen LogP contribution >= 0.6 is 11.6 Å². The zero-order valence-electron chi connectivity index (χ0n) is 19.6. The summed E-state index contributed by atoms with van der Waals surface area (Å²) < 4.78 is 0. The highest BCUT2D eigenvalue weighted by molar-refractivity contribution is 6.30. The third-order valence-corrected chi connectivity index (χ3v) is 6.80. The van der Waals surface area contributed by atoms with Gasteiger partial charge in [0.2, 0.25) is 5.91 Å². The molecule has 2 atom stereocenters. The second-order valence-corrected chi connectivity index (χ2v) is 10.5. The number of carbonyl (C=O) groups excluding carboxylic acids is 1. The monoisotopic (exact) mass is 455 g/mol. The maximum absolute atomic E-state index is 13.6. The molecule has 1 saturated heterocycles. The van der Waals surface area contributed by atoms with Crippen LogP contribution in [0.4, 0.5) is 5.82 Å². The van der Waals surface area contributed by atoms with Crippen molar-refractivity contribution in [3.8, 4) is 0 Å². The first kappa shape index (κ1) is 23.0. The van der Waals surface area contributed by atoms with Crippen molar-refractivity contribution in [3.05, 3.63) is 52.4 Å². The minimum atomic E-state index is -0.235. The quantitative estimate of drug-likeness (QED) is 0.738. The van der Waals surface area contributed by atoms with E-state index in [1.807, 2.05) is 29.2 Å². The van der Waals surface area contributed by atoms with E-state index in [4.69, 9.17) is 11.6 Å². The molecule has 6 nitrogen and oxygen atoms in total. The maximum Gasteiger partial charge on any atom is 0.231 e. The summed E-state index contributed by atoms with van der Waals surface area (Å²) in [5.74, 6) is 1.50. The number of nitrogens with zero attached hydrogens (tertiary/aromatic N) is 4. The number of rotatable bonds is 5. The van der Waals surface area contributed by atoms with Crippen LogP contribution < -0.4 is 10.2 Å². The molecule has 32 heavy (non-hydrogen) atoms. The van der Waals surface area contributed by atoms with Gasteiger partial charge in [-0.1, -0.05) is 30.7 Å². The molecule has 1 N–H and O–H groups in total. The number of anilines is 1. The number of halogens is 1. The number of carbonyl (C=O) groups is 1. The zero-order valence-corrected chi connectivity index (χ0v) is 20.3. The number of aryl methyl sites for hydroxylation is 1. The molecule has 1 fully saturated rings. The Bertz CT molecular complexity index is 948. The molecule has 0 radical (unpaired) electrons. The van der Waals surface area contributed by atoms with E-state index in [-0.39, 0.29) is 17.4 Å². The van der Waals surface area contributed by atoms with Crippen molar-refractivity contribution in [3.63, 3.8) is 0 Å². The van der Waals surface area contributed by atoms with E-state index in [1.54, 1.807) is 6.33 Å². The van der Waals surface area contributed by atoms with Gasteiger partial charge < -0.3 is 15.1 Å². The summed E-state index contributed by atoms with van der Waals surface area (Å²) in [5, 5.41) is 4.20. The molecule has 1 amide bonds. The van der Waals surface area contributed by atoms with Gasteiger partial charge in [-0.2, -0.15) is 0 Å². The van der Waals surface area contributed by atoms with Crippen LogP contribution in [0.5, 0.6) is 0 Å². The van der Waals surface area contributed by atoms with Crippen molar-refractivity contribution >= 4 is 23.3 Å². The first-order valence-electron chi connectivity index (χ1n) is 11.6. The summed E-state index contributed by atoms with van der Waals surface area (Å²) in [4.78, 5) is 27.1. The molecule has 2 heterocycles. The predicted molar refractivity (Wildman–Crippen MR) is 130 cm³/mol. The highest BCUT2D eigenvalue weighted by Crippen LogP contribution is 2.37. The largest absolute Gasteiger partial charge is 0.353 e. The number of fused-ring (bicyclic) bond motifs is 1. The molecule has 0 bridgehead atoms. The topological polar surface area (TPSA) is 61.4 Å². The lowest BCUT2D eigenvalue weighted by atomic mass is 9.95. The first-order valence-corrected chi connectivity index (χ1v) is 12.0. The Hall–Kier alpha value is -2.18.